The van der Waals surface area contributed by atoms with E-state index in [-0.39, 0.29) is 11.3 Å². The molecule has 3 rings (SSSR count). The van der Waals surface area contributed by atoms with Crippen LogP contribution in [0.15, 0.2) is 47.0 Å². The highest BCUT2D eigenvalue weighted by molar-refractivity contribution is 6.04. The maximum absolute atomic E-state index is 13.6. The Bertz CT molecular complexity index is 877. The van der Waals surface area contributed by atoms with Crippen molar-refractivity contribution < 1.29 is 18.1 Å². The third-order valence-electron chi connectivity index (χ3n) is 3.09. The average molecular weight is 315 g/mol. The first-order valence-electron chi connectivity index (χ1n) is 6.70. The summed E-state index contributed by atoms with van der Waals surface area (Å²) in [4.78, 5) is 16.3. The molecule has 0 aliphatic carbocycles. The predicted molar refractivity (Wildman–Crippen MR) is 78.8 cm³/mol. The molecule has 0 atom stereocenters. The van der Waals surface area contributed by atoms with Crippen LogP contribution < -0.4 is 5.32 Å². The summed E-state index contributed by atoms with van der Waals surface area (Å²) in [5, 5.41) is 6.17. The summed E-state index contributed by atoms with van der Waals surface area (Å²) in [6.45, 7) is 1.66. The van der Waals surface area contributed by atoms with Crippen LogP contribution in [0.3, 0.4) is 0 Å². The Hall–Kier alpha value is -3.09. The number of amides is 1. The Balaban J connectivity index is 1.85. The molecule has 1 amide bonds. The molecule has 23 heavy (non-hydrogen) atoms. The van der Waals surface area contributed by atoms with Crippen molar-refractivity contribution in [2.45, 2.75) is 6.92 Å². The molecule has 0 aliphatic rings. The van der Waals surface area contributed by atoms with Crippen LogP contribution in [-0.4, -0.2) is 16.0 Å². The molecule has 7 heteroatoms. The number of halogens is 2. The number of benzene rings is 2. The van der Waals surface area contributed by atoms with E-state index in [1.807, 2.05) is 0 Å². The SMILES string of the molecule is Cc1nc(-c2cccc(C(=O)Nc3ccc(F)cc3F)c2)no1. The summed E-state index contributed by atoms with van der Waals surface area (Å²) >= 11 is 0. The molecule has 116 valence electrons. The zero-order valence-corrected chi connectivity index (χ0v) is 12.0. The van der Waals surface area contributed by atoms with Crippen molar-refractivity contribution in [2.75, 3.05) is 5.32 Å². The molecule has 0 spiro atoms. The van der Waals surface area contributed by atoms with Gasteiger partial charge in [-0.05, 0) is 24.3 Å². The standard InChI is InChI=1S/C16H11F2N3O2/c1-9-19-15(21-23-9)10-3-2-4-11(7-10)16(22)20-14-6-5-12(17)8-13(14)18/h2-8H,1H3,(H,20,22). The molecule has 0 aliphatic heterocycles. The number of rotatable bonds is 3. The number of hydrogen-bond donors (Lipinski definition) is 1. The molecule has 0 bridgehead atoms. The largest absolute Gasteiger partial charge is 0.339 e. The molecule has 0 fully saturated rings. The monoisotopic (exact) mass is 315 g/mol. The lowest BCUT2D eigenvalue weighted by Gasteiger charge is -2.07. The zero-order chi connectivity index (χ0) is 16.4. The highest BCUT2D eigenvalue weighted by Crippen LogP contribution is 2.19. The van der Waals surface area contributed by atoms with E-state index in [2.05, 4.69) is 15.5 Å². The van der Waals surface area contributed by atoms with Crippen LogP contribution in [0.2, 0.25) is 0 Å². The van der Waals surface area contributed by atoms with Gasteiger partial charge in [-0.25, -0.2) is 8.78 Å². The second-order valence-electron chi connectivity index (χ2n) is 4.80. The second kappa shape index (κ2) is 5.96. The summed E-state index contributed by atoms with van der Waals surface area (Å²) < 4.78 is 31.4. The van der Waals surface area contributed by atoms with E-state index >= 15 is 0 Å². The molecular formula is C16H11F2N3O2. The molecule has 1 aromatic heterocycles. The van der Waals surface area contributed by atoms with Gasteiger partial charge in [-0.2, -0.15) is 4.98 Å². The number of aromatic nitrogens is 2. The Morgan fingerprint density at radius 1 is 1.17 bits per heavy atom. The van der Waals surface area contributed by atoms with E-state index in [1.54, 1.807) is 31.2 Å². The number of hydrogen-bond acceptors (Lipinski definition) is 4. The van der Waals surface area contributed by atoms with Crippen molar-refractivity contribution in [1.82, 2.24) is 10.1 Å². The number of nitrogens with one attached hydrogen (secondary N) is 1. The van der Waals surface area contributed by atoms with Gasteiger partial charge in [0.2, 0.25) is 11.7 Å². The van der Waals surface area contributed by atoms with Gasteiger partial charge in [0, 0.05) is 24.1 Å². The highest BCUT2D eigenvalue weighted by atomic mass is 19.1. The van der Waals surface area contributed by atoms with Crippen molar-refractivity contribution in [1.29, 1.82) is 0 Å². The fourth-order valence-corrected chi connectivity index (χ4v) is 2.00. The van der Waals surface area contributed by atoms with E-state index in [0.717, 1.165) is 12.1 Å². The highest BCUT2D eigenvalue weighted by Gasteiger charge is 2.12. The van der Waals surface area contributed by atoms with Crippen molar-refractivity contribution in [3.05, 3.63) is 65.6 Å². The quantitative estimate of drug-likeness (QED) is 0.802. The van der Waals surface area contributed by atoms with Gasteiger partial charge in [0.05, 0.1) is 5.69 Å². The lowest BCUT2D eigenvalue weighted by molar-refractivity contribution is 0.102. The topological polar surface area (TPSA) is 68.0 Å². The van der Waals surface area contributed by atoms with Gasteiger partial charge in [0.1, 0.15) is 11.6 Å². The summed E-state index contributed by atoms with van der Waals surface area (Å²) in [7, 11) is 0. The predicted octanol–water partition coefficient (Wildman–Crippen LogP) is 3.58. The van der Waals surface area contributed by atoms with Crippen LogP contribution in [0.5, 0.6) is 0 Å². The van der Waals surface area contributed by atoms with E-state index in [1.165, 1.54) is 0 Å². The normalized spacial score (nSPS) is 10.6. The molecule has 0 saturated heterocycles. The second-order valence-corrected chi connectivity index (χ2v) is 4.80. The van der Waals surface area contributed by atoms with Crippen molar-refractivity contribution in [3.63, 3.8) is 0 Å². The van der Waals surface area contributed by atoms with Crippen LogP contribution in [0.25, 0.3) is 11.4 Å². The molecule has 0 saturated carbocycles. The Labute approximate surface area is 130 Å². The third-order valence-corrected chi connectivity index (χ3v) is 3.09. The molecule has 1 N–H and O–H groups in total. The third kappa shape index (κ3) is 3.23. The van der Waals surface area contributed by atoms with Crippen LogP contribution in [-0.2, 0) is 0 Å². The Morgan fingerprint density at radius 3 is 2.70 bits per heavy atom. The van der Waals surface area contributed by atoms with Gasteiger partial charge in [-0.15, -0.1) is 0 Å². The van der Waals surface area contributed by atoms with Crippen molar-refractivity contribution >= 4 is 11.6 Å². The van der Waals surface area contributed by atoms with Crippen LogP contribution in [0, 0.1) is 18.6 Å². The fourth-order valence-electron chi connectivity index (χ4n) is 2.00. The van der Waals surface area contributed by atoms with Crippen LogP contribution in [0.4, 0.5) is 14.5 Å². The number of nitrogens with zero attached hydrogens (tertiary/aromatic N) is 2. The van der Waals surface area contributed by atoms with Crippen molar-refractivity contribution in [3.8, 4) is 11.4 Å². The summed E-state index contributed by atoms with van der Waals surface area (Å²) in [6, 6.07) is 9.42. The lowest BCUT2D eigenvalue weighted by atomic mass is 10.1. The fraction of sp³-hybridized carbons (Fsp3) is 0.0625. The number of anilines is 1. The van der Waals surface area contributed by atoms with Crippen molar-refractivity contribution in [2.24, 2.45) is 0 Å². The van der Waals surface area contributed by atoms with Crippen LogP contribution in [0.1, 0.15) is 16.2 Å². The smallest absolute Gasteiger partial charge is 0.255 e. The minimum absolute atomic E-state index is 0.0998. The zero-order valence-electron chi connectivity index (χ0n) is 12.0. The van der Waals surface area contributed by atoms with Gasteiger partial charge in [0.25, 0.3) is 5.91 Å². The summed E-state index contributed by atoms with van der Waals surface area (Å²) in [6.07, 6.45) is 0. The molecule has 2 aromatic carbocycles. The minimum Gasteiger partial charge on any atom is -0.339 e. The van der Waals surface area contributed by atoms with Gasteiger partial charge in [-0.3, -0.25) is 4.79 Å². The number of aryl methyl sites for hydroxylation is 1. The molecule has 0 unspecified atom stereocenters. The van der Waals surface area contributed by atoms with Gasteiger partial charge in [-0.1, -0.05) is 17.3 Å². The number of carbonyl (C=O) groups is 1. The molecular weight excluding hydrogens is 304 g/mol. The van der Waals surface area contributed by atoms with E-state index in [4.69, 9.17) is 4.52 Å². The molecule has 1 heterocycles. The van der Waals surface area contributed by atoms with E-state index in [9.17, 15) is 13.6 Å². The Morgan fingerprint density at radius 2 is 2.00 bits per heavy atom. The number of carbonyl (C=O) groups excluding carboxylic acids is 1. The molecule has 5 nitrogen and oxygen atoms in total. The first-order chi connectivity index (χ1) is 11.0. The minimum atomic E-state index is -0.844. The van der Waals surface area contributed by atoms with E-state index in [0.29, 0.717) is 23.3 Å². The van der Waals surface area contributed by atoms with E-state index < -0.39 is 17.5 Å². The van der Waals surface area contributed by atoms with Gasteiger partial charge in [0.15, 0.2) is 0 Å². The first kappa shape index (κ1) is 14.8. The molecule has 0 radical (unpaired) electrons. The molecule has 3 aromatic rings. The van der Waals surface area contributed by atoms with Gasteiger partial charge >= 0.3 is 0 Å². The lowest BCUT2D eigenvalue weighted by Crippen LogP contribution is -2.13. The van der Waals surface area contributed by atoms with Gasteiger partial charge < -0.3 is 9.84 Å². The Kier molecular flexibility index (Phi) is 3.84. The summed E-state index contributed by atoms with van der Waals surface area (Å²) in [5.74, 6) is -1.33. The average Bonchev–Trinajstić information content (AvgIpc) is 2.97. The maximum Gasteiger partial charge on any atom is 0.255 e. The van der Waals surface area contributed by atoms with Crippen LogP contribution >= 0.6 is 0 Å². The first-order valence-corrected chi connectivity index (χ1v) is 6.70. The maximum atomic E-state index is 13.6. The summed E-state index contributed by atoms with van der Waals surface area (Å²) in [5.41, 5.74) is 0.778.